The molecule has 130 valence electrons. The van der Waals surface area contributed by atoms with Gasteiger partial charge in [0, 0.05) is 17.3 Å². The van der Waals surface area contributed by atoms with E-state index in [4.69, 9.17) is 0 Å². The number of nitrogens with one attached hydrogen (secondary N) is 2. The van der Waals surface area contributed by atoms with Crippen LogP contribution in [0.1, 0.15) is 49.4 Å². The first kappa shape index (κ1) is 18.3. The SMILES string of the molecule is CCC(=O)Nc1nc(C)nc(NC(CC)CCc2ccsc2C)n1. The van der Waals surface area contributed by atoms with Crippen LogP contribution in [-0.4, -0.2) is 26.9 Å². The fraction of sp³-hybridized carbons (Fsp3) is 0.529. The third-order valence-electron chi connectivity index (χ3n) is 3.87. The molecule has 2 heterocycles. The number of anilines is 2. The van der Waals surface area contributed by atoms with Gasteiger partial charge in [0.15, 0.2) is 0 Å². The zero-order chi connectivity index (χ0) is 17.5. The van der Waals surface area contributed by atoms with Crippen molar-refractivity contribution in [2.45, 2.75) is 59.4 Å². The summed E-state index contributed by atoms with van der Waals surface area (Å²) in [5.74, 6) is 1.30. The molecule has 0 saturated heterocycles. The minimum atomic E-state index is -0.105. The van der Waals surface area contributed by atoms with Crippen LogP contribution in [0.2, 0.25) is 0 Å². The summed E-state index contributed by atoms with van der Waals surface area (Å²) in [6.07, 6.45) is 3.41. The predicted octanol–water partition coefficient (Wildman–Crippen LogP) is 3.72. The topological polar surface area (TPSA) is 79.8 Å². The van der Waals surface area contributed by atoms with Crippen molar-refractivity contribution in [1.82, 2.24) is 15.0 Å². The molecule has 1 unspecified atom stereocenters. The summed E-state index contributed by atoms with van der Waals surface area (Å²) in [5.41, 5.74) is 1.41. The molecule has 0 fully saturated rings. The van der Waals surface area contributed by atoms with E-state index >= 15 is 0 Å². The molecule has 0 aliphatic carbocycles. The summed E-state index contributed by atoms with van der Waals surface area (Å²) >= 11 is 1.79. The van der Waals surface area contributed by atoms with Gasteiger partial charge in [-0.25, -0.2) is 0 Å². The number of aromatic nitrogens is 3. The molecule has 2 aromatic rings. The Morgan fingerprint density at radius 2 is 1.96 bits per heavy atom. The average Bonchev–Trinajstić information content (AvgIpc) is 2.95. The van der Waals surface area contributed by atoms with E-state index in [-0.39, 0.29) is 11.9 Å². The summed E-state index contributed by atoms with van der Waals surface area (Å²) in [6, 6.07) is 2.47. The molecule has 2 aromatic heterocycles. The van der Waals surface area contributed by atoms with Crippen molar-refractivity contribution in [3.63, 3.8) is 0 Å². The maximum absolute atomic E-state index is 11.5. The smallest absolute Gasteiger partial charge is 0.234 e. The van der Waals surface area contributed by atoms with E-state index in [0.717, 1.165) is 19.3 Å². The van der Waals surface area contributed by atoms with Crippen LogP contribution in [-0.2, 0) is 11.2 Å². The number of carbonyl (C=O) groups excluding carboxylic acids is 1. The summed E-state index contributed by atoms with van der Waals surface area (Å²) in [4.78, 5) is 25.7. The van der Waals surface area contributed by atoms with E-state index in [1.54, 1.807) is 25.2 Å². The Morgan fingerprint density at radius 1 is 1.21 bits per heavy atom. The van der Waals surface area contributed by atoms with Gasteiger partial charge in [0.1, 0.15) is 5.82 Å². The van der Waals surface area contributed by atoms with E-state index in [1.165, 1.54) is 10.4 Å². The van der Waals surface area contributed by atoms with Crippen molar-refractivity contribution in [2.75, 3.05) is 10.6 Å². The van der Waals surface area contributed by atoms with E-state index in [9.17, 15) is 4.79 Å². The lowest BCUT2D eigenvalue weighted by Gasteiger charge is -2.17. The standard InChI is InChI=1S/C17H25N5OS/c1-5-14(8-7-13-9-10-24-11(13)3)20-16-18-12(4)19-17(22-16)21-15(23)6-2/h9-10,14H,5-8H2,1-4H3,(H2,18,19,20,21,22,23). The third kappa shape index (κ3) is 5.26. The zero-order valence-corrected chi connectivity index (χ0v) is 15.5. The van der Waals surface area contributed by atoms with Gasteiger partial charge in [-0.1, -0.05) is 13.8 Å². The summed E-state index contributed by atoms with van der Waals surface area (Å²) in [7, 11) is 0. The highest BCUT2D eigenvalue weighted by atomic mass is 32.1. The van der Waals surface area contributed by atoms with Crippen LogP contribution in [0.3, 0.4) is 0 Å². The van der Waals surface area contributed by atoms with Gasteiger partial charge in [-0.15, -0.1) is 11.3 Å². The van der Waals surface area contributed by atoms with E-state index in [1.807, 2.05) is 0 Å². The van der Waals surface area contributed by atoms with Crippen molar-refractivity contribution < 1.29 is 4.79 Å². The fourth-order valence-electron chi connectivity index (χ4n) is 2.38. The molecule has 6 nitrogen and oxygen atoms in total. The highest BCUT2D eigenvalue weighted by Crippen LogP contribution is 2.19. The lowest BCUT2D eigenvalue weighted by Crippen LogP contribution is -2.22. The molecule has 1 amide bonds. The van der Waals surface area contributed by atoms with Gasteiger partial charge in [0.05, 0.1) is 0 Å². The second-order valence-corrected chi connectivity index (χ2v) is 6.84. The van der Waals surface area contributed by atoms with Crippen LogP contribution < -0.4 is 10.6 Å². The maximum atomic E-state index is 11.5. The fourth-order valence-corrected chi connectivity index (χ4v) is 3.13. The number of hydrogen-bond acceptors (Lipinski definition) is 6. The van der Waals surface area contributed by atoms with Gasteiger partial charge in [-0.05, 0) is 50.1 Å². The zero-order valence-electron chi connectivity index (χ0n) is 14.7. The molecular formula is C17H25N5OS. The molecular weight excluding hydrogens is 322 g/mol. The van der Waals surface area contributed by atoms with Gasteiger partial charge in [-0.2, -0.15) is 15.0 Å². The van der Waals surface area contributed by atoms with Crippen molar-refractivity contribution >= 4 is 29.1 Å². The van der Waals surface area contributed by atoms with Crippen LogP contribution in [0.25, 0.3) is 0 Å². The molecule has 1 atom stereocenters. The lowest BCUT2D eigenvalue weighted by atomic mass is 10.0. The van der Waals surface area contributed by atoms with Crippen molar-refractivity contribution in [3.8, 4) is 0 Å². The average molecular weight is 347 g/mol. The van der Waals surface area contributed by atoms with Gasteiger partial charge >= 0.3 is 0 Å². The molecule has 0 bridgehead atoms. The Bertz CT molecular complexity index is 685. The Balaban J connectivity index is 2.01. The molecule has 0 aromatic carbocycles. The molecule has 7 heteroatoms. The second-order valence-electron chi connectivity index (χ2n) is 5.72. The Labute approximate surface area is 147 Å². The Morgan fingerprint density at radius 3 is 2.58 bits per heavy atom. The summed E-state index contributed by atoms with van der Waals surface area (Å²) in [6.45, 7) is 7.89. The Kier molecular flexibility index (Phi) is 6.66. The first-order chi connectivity index (χ1) is 11.5. The Hall–Kier alpha value is -2.02. The summed E-state index contributed by atoms with van der Waals surface area (Å²) < 4.78 is 0. The second kappa shape index (κ2) is 8.73. The van der Waals surface area contributed by atoms with E-state index in [2.05, 4.69) is 50.9 Å². The number of hydrogen-bond donors (Lipinski definition) is 2. The number of rotatable bonds is 8. The van der Waals surface area contributed by atoms with Crippen molar-refractivity contribution in [3.05, 3.63) is 27.7 Å². The molecule has 0 spiro atoms. The normalized spacial score (nSPS) is 12.0. The van der Waals surface area contributed by atoms with Gasteiger partial charge in [0.25, 0.3) is 0 Å². The largest absolute Gasteiger partial charge is 0.351 e. The van der Waals surface area contributed by atoms with E-state index in [0.29, 0.717) is 24.1 Å². The number of nitrogens with zero attached hydrogens (tertiary/aromatic N) is 3. The van der Waals surface area contributed by atoms with Crippen molar-refractivity contribution in [1.29, 1.82) is 0 Å². The predicted molar refractivity (Wildman–Crippen MR) is 98.6 cm³/mol. The van der Waals surface area contributed by atoms with Gasteiger partial charge in [-0.3, -0.25) is 10.1 Å². The molecule has 2 N–H and O–H groups in total. The third-order valence-corrected chi connectivity index (χ3v) is 4.76. The number of carbonyl (C=O) groups is 1. The van der Waals surface area contributed by atoms with Crippen LogP contribution in [0.4, 0.5) is 11.9 Å². The number of thiophene rings is 1. The molecule has 2 rings (SSSR count). The highest BCUT2D eigenvalue weighted by Gasteiger charge is 2.12. The molecule has 0 aliphatic rings. The molecule has 0 aliphatic heterocycles. The van der Waals surface area contributed by atoms with E-state index < -0.39 is 0 Å². The van der Waals surface area contributed by atoms with Crippen LogP contribution >= 0.6 is 11.3 Å². The molecule has 0 saturated carbocycles. The monoisotopic (exact) mass is 347 g/mol. The maximum Gasteiger partial charge on any atom is 0.234 e. The first-order valence-corrected chi connectivity index (χ1v) is 9.21. The van der Waals surface area contributed by atoms with Crippen LogP contribution in [0.15, 0.2) is 11.4 Å². The number of aryl methyl sites for hydroxylation is 3. The van der Waals surface area contributed by atoms with Gasteiger partial charge < -0.3 is 5.32 Å². The van der Waals surface area contributed by atoms with Gasteiger partial charge in [0.2, 0.25) is 17.8 Å². The van der Waals surface area contributed by atoms with Crippen LogP contribution in [0, 0.1) is 13.8 Å². The minimum Gasteiger partial charge on any atom is -0.351 e. The molecule has 24 heavy (non-hydrogen) atoms. The lowest BCUT2D eigenvalue weighted by molar-refractivity contribution is -0.115. The molecule has 0 radical (unpaired) electrons. The first-order valence-electron chi connectivity index (χ1n) is 8.33. The minimum absolute atomic E-state index is 0.105. The van der Waals surface area contributed by atoms with Crippen LogP contribution in [0.5, 0.6) is 0 Å². The quantitative estimate of drug-likeness (QED) is 0.761. The number of amides is 1. The van der Waals surface area contributed by atoms with Crippen molar-refractivity contribution in [2.24, 2.45) is 0 Å². The summed E-state index contributed by atoms with van der Waals surface area (Å²) in [5, 5.41) is 8.20. The highest BCUT2D eigenvalue weighted by molar-refractivity contribution is 7.10.